The molecule has 0 bridgehead atoms. The Labute approximate surface area is 118 Å². The largest absolute Gasteiger partial charge is 0.491 e. The van der Waals surface area contributed by atoms with Crippen molar-refractivity contribution in [3.05, 3.63) is 59.9 Å². The minimum absolute atomic E-state index is 0.0812. The van der Waals surface area contributed by atoms with Gasteiger partial charge in [0.2, 0.25) is 0 Å². The SMILES string of the molecule is Cc1ccccc1OCC(C)NC(=O)c1cccnc1. The number of carbonyl (C=O) groups is 1. The minimum Gasteiger partial charge on any atom is -0.491 e. The summed E-state index contributed by atoms with van der Waals surface area (Å²) in [6.07, 6.45) is 3.19. The number of aromatic nitrogens is 1. The Kier molecular flexibility index (Phi) is 4.71. The summed E-state index contributed by atoms with van der Waals surface area (Å²) in [6, 6.07) is 11.2. The smallest absolute Gasteiger partial charge is 0.253 e. The molecule has 2 aromatic rings. The highest BCUT2D eigenvalue weighted by Gasteiger charge is 2.10. The number of nitrogens with zero attached hydrogens (tertiary/aromatic N) is 1. The molecule has 0 fully saturated rings. The van der Waals surface area contributed by atoms with Crippen LogP contribution in [0.4, 0.5) is 0 Å². The number of amides is 1. The molecule has 1 unspecified atom stereocenters. The Morgan fingerprint density at radius 3 is 2.80 bits per heavy atom. The van der Waals surface area contributed by atoms with Gasteiger partial charge in [-0.3, -0.25) is 9.78 Å². The van der Waals surface area contributed by atoms with E-state index in [1.165, 1.54) is 0 Å². The van der Waals surface area contributed by atoms with Crippen molar-refractivity contribution in [1.82, 2.24) is 10.3 Å². The molecule has 0 spiro atoms. The van der Waals surface area contributed by atoms with Gasteiger partial charge in [0.05, 0.1) is 11.6 Å². The van der Waals surface area contributed by atoms with Crippen molar-refractivity contribution < 1.29 is 9.53 Å². The maximum absolute atomic E-state index is 11.9. The third-order valence-electron chi connectivity index (χ3n) is 2.88. The maximum Gasteiger partial charge on any atom is 0.253 e. The van der Waals surface area contributed by atoms with Crippen LogP contribution in [-0.2, 0) is 0 Å². The van der Waals surface area contributed by atoms with Crippen LogP contribution in [0.15, 0.2) is 48.8 Å². The van der Waals surface area contributed by atoms with Gasteiger partial charge in [0.25, 0.3) is 5.91 Å². The molecule has 1 amide bonds. The fraction of sp³-hybridized carbons (Fsp3) is 0.250. The van der Waals surface area contributed by atoms with E-state index >= 15 is 0 Å². The van der Waals surface area contributed by atoms with Crippen molar-refractivity contribution in [2.24, 2.45) is 0 Å². The van der Waals surface area contributed by atoms with Crippen molar-refractivity contribution in [1.29, 1.82) is 0 Å². The quantitative estimate of drug-likeness (QED) is 0.908. The molecule has 0 aliphatic heterocycles. The van der Waals surface area contributed by atoms with Crippen LogP contribution in [0.2, 0.25) is 0 Å². The van der Waals surface area contributed by atoms with Crippen LogP contribution in [0.5, 0.6) is 5.75 Å². The normalized spacial score (nSPS) is 11.7. The molecule has 1 heterocycles. The lowest BCUT2D eigenvalue weighted by molar-refractivity contribution is 0.0926. The summed E-state index contributed by atoms with van der Waals surface area (Å²) in [5.41, 5.74) is 1.63. The lowest BCUT2D eigenvalue weighted by Crippen LogP contribution is -2.36. The van der Waals surface area contributed by atoms with Gasteiger partial charge in [-0.2, -0.15) is 0 Å². The second-order valence-electron chi connectivity index (χ2n) is 4.69. The lowest BCUT2D eigenvalue weighted by Gasteiger charge is -2.16. The zero-order valence-corrected chi connectivity index (χ0v) is 11.7. The molecule has 1 N–H and O–H groups in total. The first-order chi connectivity index (χ1) is 9.66. The van der Waals surface area contributed by atoms with Crippen molar-refractivity contribution in [3.8, 4) is 5.75 Å². The number of benzene rings is 1. The third-order valence-corrected chi connectivity index (χ3v) is 2.88. The molecule has 104 valence electrons. The van der Waals surface area contributed by atoms with Gasteiger partial charge in [0.1, 0.15) is 12.4 Å². The highest BCUT2D eigenvalue weighted by molar-refractivity contribution is 5.93. The standard InChI is InChI=1S/C16H18N2O2/c1-12-6-3-4-8-15(12)20-11-13(2)18-16(19)14-7-5-9-17-10-14/h3-10,13H,11H2,1-2H3,(H,18,19). The number of ether oxygens (including phenoxy) is 1. The van der Waals surface area contributed by atoms with Gasteiger partial charge in [0.15, 0.2) is 0 Å². The highest BCUT2D eigenvalue weighted by atomic mass is 16.5. The van der Waals surface area contributed by atoms with Crippen LogP contribution in [0.3, 0.4) is 0 Å². The summed E-state index contributed by atoms with van der Waals surface area (Å²) >= 11 is 0. The van der Waals surface area contributed by atoms with Crippen molar-refractivity contribution in [2.75, 3.05) is 6.61 Å². The molecule has 1 atom stereocenters. The third kappa shape index (κ3) is 3.82. The van der Waals surface area contributed by atoms with E-state index in [4.69, 9.17) is 4.74 Å². The summed E-state index contributed by atoms with van der Waals surface area (Å²) in [6.45, 7) is 4.33. The summed E-state index contributed by atoms with van der Waals surface area (Å²) in [5.74, 6) is 0.703. The van der Waals surface area contributed by atoms with E-state index in [2.05, 4.69) is 10.3 Å². The summed E-state index contributed by atoms with van der Waals surface area (Å²) < 4.78 is 5.70. The second kappa shape index (κ2) is 6.70. The van der Waals surface area contributed by atoms with Gasteiger partial charge < -0.3 is 10.1 Å². The van der Waals surface area contributed by atoms with E-state index in [-0.39, 0.29) is 11.9 Å². The number of aryl methyl sites for hydroxylation is 1. The van der Waals surface area contributed by atoms with E-state index in [0.717, 1.165) is 11.3 Å². The molecule has 1 aromatic carbocycles. The fourth-order valence-electron chi connectivity index (χ4n) is 1.78. The molecule has 1 aromatic heterocycles. The Hall–Kier alpha value is -2.36. The number of carbonyl (C=O) groups excluding carboxylic acids is 1. The molecule has 20 heavy (non-hydrogen) atoms. The van der Waals surface area contributed by atoms with Crippen LogP contribution in [0.1, 0.15) is 22.8 Å². The monoisotopic (exact) mass is 270 g/mol. The van der Waals surface area contributed by atoms with Crippen LogP contribution < -0.4 is 10.1 Å². The van der Waals surface area contributed by atoms with E-state index in [9.17, 15) is 4.79 Å². The van der Waals surface area contributed by atoms with Gasteiger partial charge in [-0.1, -0.05) is 18.2 Å². The fourth-order valence-corrected chi connectivity index (χ4v) is 1.78. The van der Waals surface area contributed by atoms with Crippen molar-refractivity contribution in [2.45, 2.75) is 19.9 Å². The average molecular weight is 270 g/mol. The summed E-state index contributed by atoms with van der Waals surface area (Å²) in [4.78, 5) is 15.9. The zero-order valence-electron chi connectivity index (χ0n) is 11.7. The predicted octanol–water partition coefficient (Wildman–Crippen LogP) is 2.59. The number of pyridine rings is 1. The van der Waals surface area contributed by atoms with Crippen LogP contribution in [0.25, 0.3) is 0 Å². The highest BCUT2D eigenvalue weighted by Crippen LogP contribution is 2.16. The first-order valence-electron chi connectivity index (χ1n) is 6.56. The van der Waals surface area contributed by atoms with Crippen molar-refractivity contribution in [3.63, 3.8) is 0 Å². The number of rotatable bonds is 5. The number of hydrogen-bond donors (Lipinski definition) is 1. The minimum atomic E-state index is -0.140. The Bertz CT molecular complexity index is 570. The molecule has 0 saturated heterocycles. The molecule has 0 aliphatic rings. The topological polar surface area (TPSA) is 51.2 Å². The van der Waals surface area contributed by atoms with Crippen molar-refractivity contribution >= 4 is 5.91 Å². The van der Waals surface area contributed by atoms with Gasteiger partial charge in [0, 0.05) is 12.4 Å². The summed E-state index contributed by atoms with van der Waals surface area (Å²) in [7, 11) is 0. The molecule has 2 rings (SSSR count). The zero-order chi connectivity index (χ0) is 14.4. The second-order valence-corrected chi connectivity index (χ2v) is 4.69. The Morgan fingerprint density at radius 1 is 1.30 bits per heavy atom. The molecule has 0 aliphatic carbocycles. The molecule has 4 nitrogen and oxygen atoms in total. The molecule has 4 heteroatoms. The predicted molar refractivity (Wildman–Crippen MR) is 77.8 cm³/mol. The first kappa shape index (κ1) is 14.1. The first-order valence-corrected chi connectivity index (χ1v) is 6.56. The van der Waals surface area contributed by atoms with Gasteiger partial charge in [-0.05, 0) is 37.6 Å². The average Bonchev–Trinajstić information content (AvgIpc) is 2.47. The lowest BCUT2D eigenvalue weighted by atomic mass is 10.2. The molecule has 0 radical (unpaired) electrons. The van der Waals surface area contributed by atoms with E-state index in [0.29, 0.717) is 12.2 Å². The van der Waals surface area contributed by atoms with E-state index in [1.54, 1.807) is 24.5 Å². The van der Waals surface area contributed by atoms with Crippen LogP contribution in [0, 0.1) is 6.92 Å². The van der Waals surface area contributed by atoms with Crippen LogP contribution >= 0.6 is 0 Å². The summed E-state index contributed by atoms with van der Waals surface area (Å²) in [5, 5.41) is 2.88. The number of hydrogen-bond acceptors (Lipinski definition) is 3. The molecular weight excluding hydrogens is 252 g/mol. The van der Waals surface area contributed by atoms with Gasteiger partial charge in [-0.15, -0.1) is 0 Å². The van der Waals surface area contributed by atoms with Gasteiger partial charge in [-0.25, -0.2) is 0 Å². The Morgan fingerprint density at radius 2 is 2.10 bits per heavy atom. The maximum atomic E-state index is 11.9. The molecular formula is C16H18N2O2. The number of para-hydroxylation sites is 1. The Balaban J connectivity index is 1.86. The molecule has 0 saturated carbocycles. The van der Waals surface area contributed by atoms with E-state index in [1.807, 2.05) is 38.1 Å². The number of nitrogens with one attached hydrogen (secondary N) is 1. The van der Waals surface area contributed by atoms with E-state index < -0.39 is 0 Å². The van der Waals surface area contributed by atoms with Crippen LogP contribution in [-0.4, -0.2) is 23.5 Å². The van der Waals surface area contributed by atoms with Gasteiger partial charge >= 0.3 is 0 Å².